The molecule has 0 aliphatic heterocycles. The van der Waals surface area contributed by atoms with Crippen LogP contribution in [0.5, 0.6) is 5.75 Å². The SMILES string of the molecule is COc1ccc(C[NH+](Cc2ccccc2Cl)Cc2nnnn2C2CCCCC2)cc1. The minimum Gasteiger partial charge on any atom is -0.497 e. The number of rotatable bonds is 8. The second-order valence-corrected chi connectivity index (χ2v) is 8.46. The minimum atomic E-state index is 0.422. The number of hydrogen-bond donors (Lipinski definition) is 1. The summed E-state index contributed by atoms with van der Waals surface area (Å²) < 4.78 is 7.37. The topological polar surface area (TPSA) is 57.3 Å². The van der Waals surface area contributed by atoms with Crippen LogP contribution < -0.4 is 9.64 Å². The third-order valence-electron chi connectivity index (χ3n) is 5.90. The van der Waals surface area contributed by atoms with Crippen LogP contribution in [0.1, 0.15) is 55.1 Å². The standard InChI is InChI=1S/C23H28ClN5O/c1-30-21-13-11-18(12-14-21)15-28(16-19-7-5-6-10-22(19)24)17-23-25-26-27-29(23)20-8-3-2-4-9-20/h5-7,10-14,20H,2-4,8-9,15-17H2,1H3/p+1. The fourth-order valence-corrected chi connectivity index (χ4v) is 4.49. The first-order chi connectivity index (χ1) is 14.7. The molecule has 7 heteroatoms. The van der Waals surface area contributed by atoms with Crippen LogP contribution in [0.2, 0.25) is 5.02 Å². The molecule has 158 valence electrons. The zero-order valence-corrected chi connectivity index (χ0v) is 18.2. The Morgan fingerprint density at radius 1 is 1.00 bits per heavy atom. The lowest BCUT2D eigenvalue weighted by Gasteiger charge is -2.24. The average Bonchev–Trinajstić information content (AvgIpc) is 3.24. The van der Waals surface area contributed by atoms with E-state index in [1.54, 1.807) is 7.11 Å². The van der Waals surface area contributed by atoms with Crippen molar-refractivity contribution in [3.63, 3.8) is 0 Å². The van der Waals surface area contributed by atoms with Crippen LogP contribution in [0.25, 0.3) is 0 Å². The molecule has 1 aromatic heterocycles. The molecule has 0 bridgehead atoms. The summed E-state index contributed by atoms with van der Waals surface area (Å²) in [6.45, 7) is 2.41. The second kappa shape index (κ2) is 10.0. The number of hydrogen-bond acceptors (Lipinski definition) is 4. The number of nitrogens with one attached hydrogen (secondary N) is 1. The van der Waals surface area contributed by atoms with Gasteiger partial charge in [0.15, 0.2) is 0 Å². The molecule has 3 aromatic rings. The van der Waals surface area contributed by atoms with Gasteiger partial charge in [-0.25, -0.2) is 4.68 Å². The van der Waals surface area contributed by atoms with Gasteiger partial charge in [-0.1, -0.05) is 49.1 Å². The van der Waals surface area contributed by atoms with Crippen molar-refractivity contribution in [2.45, 2.75) is 57.8 Å². The molecule has 1 atom stereocenters. The normalized spacial score (nSPS) is 15.8. The van der Waals surface area contributed by atoms with Crippen LogP contribution in [0, 0.1) is 0 Å². The van der Waals surface area contributed by atoms with Gasteiger partial charge in [0.2, 0.25) is 5.82 Å². The second-order valence-electron chi connectivity index (χ2n) is 8.05. The summed E-state index contributed by atoms with van der Waals surface area (Å²) in [5.74, 6) is 1.82. The summed E-state index contributed by atoms with van der Waals surface area (Å²) >= 11 is 6.47. The largest absolute Gasteiger partial charge is 0.497 e. The number of tetrazole rings is 1. The number of aromatic nitrogens is 4. The maximum atomic E-state index is 6.47. The van der Waals surface area contributed by atoms with E-state index in [4.69, 9.17) is 16.3 Å². The molecule has 1 heterocycles. The van der Waals surface area contributed by atoms with Gasteiger partial charge >= 0.3 is 0 Å². The molecule has 30 heavy (non-hydrogen) atoms. The Kier molecular flexibility index (Phi) is 6.97. The molecule has 1 N–H and O–H groups in total. The molecule has 0 saturated heterocycles. The van der Waals surface area contributed by atoms with Crippen molar-refractivity contribution in [1.82, 2.24) is 20.2 Å². The predicted octanol–water partition coefficient (Wildman–Crippen LogP) is 3.63. The highest BCUT2D eigenvalue weighted by Crippen LogP contribution is 2.27. The van der Waals surface area contributed by atoms with Crippen molar-refractivity contribution in [2.75, 3.05) is 7.11 Å². The highest BCUT2D eigenvalue weighted by atomic mass is 35.5. The molecule has 4 rings (SSSR count). The Morgan fingerprint density at radius 2 is 1.77 bits per heavy atom. The molecule has 1 aliphatic carbocycles. The van der Waals surface area contributed by atoms with Gasteiger partial charge in [0.05, 0.1) is 13.2 Å². The van der Waals surface area contributed by atoms with E-state index in [0.717, 1.165) is 54.6 Å². The number of methoxy groups -OCH3 is 1. The van der Waals surface area contributed by atoms with Crippen molar-refractivity contribution < 1.29 is 9.64 Å². The summed E-state index contributed by atoms with van der Waals surface area (Å²) in [6, 6.07) is 16.7. The third-order valence-corrected chi connectivity index (χ3v) is 6.27. The third kappa shape index (κ3) is 5.18. The monoisotopic (exact) mass is 426 g/mol. The summed E-state index contributed by atoms with van der Waals surface area (Å²) in [5, 5.41) is 13.6. The summed E-state index contributed by atoms with van der Waals surface area (Å²) in [4.78, 5) is 1.35. The van der Waals surface area contributed by atoms with Gasteiger partial charge in [-0.15, -0.1) is 5.10 Å². The van der Waals surface area contributed by atoms with E-state index in [1.807, 2.05) is 30.3 Å². The molecule has 1 saturated carbocycles. The predicted molar refractivity (Wildman–Crippen MR) is 116 cm³/mol. The smallest absolute Gasteiger partial charge is 0.206 e. The fourth-order valence-electron chi connectivity index (χ4n) is 4.29. The average molecular weight is 427 g/mol. The Hall–Kier alpha value is -2.44. The van der Waals surface area contributed by atoms with Crippen LogP contribution in [-0.4, -0.2) is 27.3 Å². The van der Waals surface area contributed by atoms with E-state index >= 15 is 0 Å². The van der Waals surface area contributed by atoms with E-state index < -0.39 is 0 Å². The maximum absolute atomic E-state index is 6.47. The van der Waals surface area contributed by atoms with E-state index in [1.165, 1.54) is 29.7 Å². The van der Waals surface area contributed by atoms with Crippen molar-refractivity contribution in [3.05, 3.63) is 70.5 Å². The fraction of sp³-hybridized carbons (Fsp3) is 0.435. The molecule has 1 fully saturated rings. The molecule has 1 unspecified atom stereocenters. The zero-order valence-electron chi connectivity index (χ0n) is 17.4. The van der Waals surface area contributed by atoms with Gasteiger partial charge < -0.3 is 9.64 Å². The first kappa shape index (κ1) is 20.8. The molecular formula is C23H29ClN5O+. The highest BCUT2D eigenvalue weighted by molar-refractivity contribution is 6.31. The molecule has 0 radical (unpaired) electrons. The zero-order chi connectivity index (χ0) is 20.8. The van der Waals surface area contributed by atoms with Gasteiger partial charge in [-0.05, 0) is 53.6 Å². The molecular weight excluding hydrogens is 398 g/mol. The van der Waals surface area contributed by atoms with Crippen LogP contribution >= 0.6 is 11.6 Å². The Bertz CT molecular complexity index is 937. The molecule has 2 aromatic carbocycles. The minimum absolute atomic E-state index is 0.422. The van der Waals surface area contributed by atoms with Gasteiger partial charge in [-0.3, -0.25) is 0 Å². The Balaban J connectivity index is 1.55. The van der Waals surface area contributed by atoms with Crippen LogP contribution in [0.15, 0.2) is 48.5 Å². The summed E-state index contributed by atoms with van der Waals surface area (Å²) in [7, 11) is 1.69. The number of ether oxygens (including phenoxy) is 1. The van der Waals surface area contributed by atoms with Crippen molar-refractivity contribution >= 4 is 11.6 Å². The summed E-state index contributed by atoms with van der Waals surface area (Å²) in [6.07, 6.45) is 6.15. The lowest BCUT2D eigenvalue weighted by Crippen LogP contribution is -3.08. The van der Waals surface area contributed by atoms with E-state index in [0.29, 0.717) is 6.04 Å². The van der Waals surface area contributed by atoms with Crippen LogP contribution in [0.4, 0.5) is 0 Å². The Labute approximate surface area is 182 Å². The van der Waals surface area contributed by atoms with E-state index in [-0.39, 0.29) is 0 Å². The number of quaternary nitrogens is 1. The Morgan fingerprint density at radius 3 is 2.50 bits per heavy atom. The first-order valence-electron chi connectivity index (χ1n) is 10.7. The summed E-state index contributed by atoms with van der Waals surface area (Å²) in [5.41, 5.74) is 2.38. The van der Waals surface area contributed by atoms with E-state index in [2.05, 4.69) is 38.4 Å². The number of nitrogens with zero attached hydrogens (tertiary/aromatic N) is 4. The lowest BCUT2D eigenvalue weighted by molar-refractivity contribution is -0.941. The van der Waals surface area contributed by atoms with Crippen molar-refractivity contribution in [2.24, 2.45) is 0 Å². The van der Waals surface area contributed by atoms with Crippen LogP contribution in [-0.2, 0) is 19.6 Å². The van der Waals surface area contributed by atoms with Gasteiger partial charge in [0.25, 0.3) is 0 Å². The number of benzene rings is 2. The highest BCUT2D eigenvalue weighted by Gasteiger charge is 2.23. The molecule has 1 aliphatic rings. The van der Waals surface area contributed by atoms with Gasteiger partial charge in [0, 0.05) is 16.1 Å². The molecule has 0 spiro atoms. The lowest BCUT2D eigenvalue weighted by atomic mass is 9.95. The number of halogens is 1. The van der Waals surface area contributed by atoms with Gasteiger partial charge in [-0.2, -0.15) is 0 Å². The molecule has 0 amide bonds. The first-order valence-corrected chi connectivity index (χ1v) is 11.1. The van der Waals surface area contributed by atoms with E-state index in [9.17, 15) is 0 Å². The maximum Gasteiger partial charge on any atom is 0.206 e. The van der Waals surface area contributed by atoms with Crippen LogP contribution in [0.3, 0.4) is 0 Å². The quantitative estimate of drug-likeness (QED) is 0.597. The van der Waals surface area contributed by atoms with Crippen molar-refractivity contribution in [3.8, 4) is 5.75 Å². The molecule has 6 nitrogen and oxygen atoms in total. The van der Waals surface area contributed by atoms with Crippen molar-refractivity contribution in [1.29, 1.82) is 0 Å². The van der Waals surface area contributed by atoms with Gasteiger partial charge in [0.1, 0.15) is 25.4 Å².